The molecule has 0 amide bonds. The van der Waals surface area contributed by atoms with Gasteiger partial charge in [-0.15, -0.1) is 0 Å². The van der Waals surface area contributed by atoms with Crippen molar-refractivity contribution in [1.82, 2.24) is 19.7 Å². The Morgan fingerprint density at radius 3 is 3.00 bits per heavy atom. The van der Waals surface area contributed by atoms with Gasteiger partial charge < -0.3 is 4.98 Å². The van der Waals surface area contributed by atoms with E-state index in [4.69, 9.17) is 0 Å². The SMILES string of the molecule is Cn1cc(Br)c(C(=O)Cc2ncc[nH]2)n1. The maximum atomic E-state index is 11.8. The predicted octanol–water partition coefficient (Wildman–Crippen LogP) is 1.33. The summed E-state index contributed by atoms with van der Waals surface area (Å²) in [5.74, 6) is 0.593. The van der Waals surface area contributed by atoms with Crippen molar-refractivity contribution in [2.45, 2.75) is 6.42 Å². The van der Waals surface area contributed by atoms with Crippen LogP contribution in [0, 0.1) is 0 Å². The summed E-state index contributed by atoms with van der Waals surface area (Å²) in [6.45, 7) is 0. The fraction of sp³-hybridized carbons (Fsp3) is 0.222. The van der Waals surface area contributed by atoms with Gasteiger partial charge in [-0.3, -0.25) is 9.48 Å². The van der Waals surface area contributed by atoms with E-state index in [-0.39, 0.29) is 12.2 Å². The monoisotopic (exact) mass is 268 g/mol. The Labute approximate surface area is 94.6 Å². The number of ketones is 1. The zero-order valence-electron chi connectivity index (χ0n) is 8.07. The summed E-state index contributed by atoms with van der Waals surface area (Å²) < 4.78 is 2.31. The number of hydrogen-bond acceptors (Lipinski definition) is 3. The second kappa shape index (κ2) is 3.98. The van der Waals surface area contributed by atoms with Gasteiger partial charge in [0.2, 0.25) is 0 Å². The molecule has 15 heavy (non-hydrogen) atoms. The highest BCUT2D eigenvalue weighted by atomic mass is 79.9. The van der Waals surface area contributed by atoms with Crippen molar-refractivity contribution < 1.29 is 4.79 Å². The molecule has 1 N–H and O–H groups in total. The molecule has 0 atom stereocenters. The number of aromatic nitrogens is 4. The van der Waals surface area contributed by atoms with Crippen molar-refractivity contribution in [3.63, 3.8) is 0 Å². The number of nitrogens with one attached hydrogen (secondary N) is 1. The molecule has 0 saturated heterocycles. The molecule has 0 aromatic carbocycles. The minimum atomic E-state index is -0.0579. The minimum Gasteiger partial charge on any atom is -0.348 e. The number of H-pyrrole nitrogens is 1. The van der Waals surface area contributed by atoms with Crippen molar-refractivity contribution in [2.75, 3.05) is 0 Å². The molecule has 6 heteroatoms. The van der Waals surface area contributed by atoms with E-state index in [0.29, 0.717) is 16.0 Å². The van der Waals surface area contributed by atoms with Crippen molar-refractivity contribution in [3.8, 4) is 0 Å². The molecule has 0 radical (unpaired) electrons. The Morgan fingerprint density at radius 2 is 2.47 bits per heavy atom. The van der Waals surface area contributed by atoms with E-state index in [1.165, 1.54) is 0 Å². The van der Waals surface area contributed by atoms with Gasteiger partial charge in [-0.25, -0.2) is 4.98 Å². The first-order valence-corrected chi connectivity index (χ1v) is 5.16. The lowest BCUT2D eigenvalue weighted by Gasteiger charge is -1.94. The van der Waals surface area contributed by atoms with Crippen LogP contribution in [0.1, 0.15) is 16.3 Å². The number of carbonyl (C=O) groups excluding carboxylic acids is 1. The third-order valence-electron chi connectivity index (χ3n) is 1.93. The van der Waals surface area contributed by atoms with Gasteiger partial charge in [-0.05, 0) is 15.9 Å². The lowest BCUT2D eigenvalue weighted by atomic mass is 10.2. The van der Waals surface area contributed by atoms with Crippen LogP contribution in [0.3, 0.4) is 0 Å². The number of hydrogen-bond donors (Lipinski definition) is 1. The summed E-state index contributed by atoms with van der Waals surface area (Å²) >= 11 is 3.29. The first kappa shape index (κ1) is 10.1. The Kier molecular flexibility index (Phi) is 2.68. The van der Waals surface area contributed by atoms with Crippen LogP contribution in [-0.4, -0.2) is 25.5 Å². The van der Waals surface area contributed by atoms with E-state index < -0.39 is 0 Å². The maximum absolute atomic E-state index is 11.8. The number of imidazole rings is 1. The predicted molar refractivity (Wildman–Crippen MR) is 57.5 cm³/mol. The average Bonchev–Trinajstić information content (AvgIpc) is 2.75. The lowest BCUT2D eigenvalue weighted by molar-refractivity contribution is 0.0985. The first-order valence-electron chi connectivity index (χ1n) is 4.37. The second-order valence-corrected chi connectivity index (χ2v) is 3.99. The molecular weight excluding hydrogens is 260 g/mol. The van der Waals surface area contributed by atoms with E-state index in [2.05, 4.69) is 31.0 Å². The van der Waals surface area contributed by atoms with Gasteiger partial charge in [0.1, 0.15) is 11.5 Å². The highest BCUT2D eigenvalue weighted by Gasteiger charge is 2.15. The second-order valence-electron chi connectivity index (χ2n) is 3.14. The van der Waals surface area contributed by atoms with Crippen LogP contribution in [0.4, 0.5) is 0 Å². The number of aromatic amines is 1. The highest BCUT2D eigenvalue weighted by Crippen LogP contribution is 2.15. The van der Waals surface area contributed by atoms with Crippen LogP contribution >= 0.6 is 15.9 Å². The average molecular weight is 269 g/mol. The summed E-state index contributed by atoms with van der Waals surface area (Å²) in [5, 5.41) is 4.07. The Bertz CT molecular complexity index is 474. The summed E-state index contributed by atoms with van der Waals surface area (Å²) in [6.07, 6.45) is 5.30. The van der Waals surface area contributed by atoms with E-state index in [0.717, 1.165) is 0 Å². The molecular formula is C9H9BrN4O. The molecule has 0 fully saturated rings. The van der Waals surface area contributed by atoms with Crippen LogP contribution in [0.2, 0.25) is 0 Å². The van der Waals surface area contributed by atoms with Gasteiger partial charge in [-0.1, -0.05) is 0 Å². The molecule has 2 rings (SSSR count). The minimum absolute atomic E-state index is 0.0579. The molecule has 5 nitrogen and oxygen atoms in total. The zero-order chi connectivity index (χ0) is 10.8. The number of carbonyl (C=O) groups is 1. The summed E-state index contributed by atoms with van der Waals surface area (Å²) in [7, 11) is 1.77. The Balaban J connectivity index is 2.18. The van der Waals surface area contributed by atoms with Crippen molar-refractivity contribution in [1.29, 1.82) is 0 Å². The molecule has 2 heterocycles. The van der Waals surface area contributed by atoms with Gasteiger partial charge >= 0.3 is 0 Å². The van der Waals surface area contributed by atoms with Gasteiger partial charge in [0.25, 0.3) is 0 Å². The Morgan fingerprint density at radius 1 is 1.67 bits per heavy atom. The van der Waals surface area contributed by atoms with Crippen LogP contribution in [0.15, 0.2) is 23.1 Å². The number of aryl methyl sites for hydroxylation is 1. The number of nitrogens with zero attached hydrogens (tertiary/aromatic N) is 3. The molecule has 78 valence electrons. The Hall–Kier alpha value is -1.43. The maximum Gasteiger partial charge on any atom is 0.191 e. The zero-order valence-corrected chi connectivity index (χ0v) is 9.65. The van der Waals surface area contributed by atoms with Crippen molar-refractivity contribution in [2.24, 2.45) is 7.05 Å². The molecule has 0 saturated carbocycles. The van der Waals surface area contributed by atoms with Crippen molar-refractivity contribution in [3.05, 3.63) is 34.6 Å². The summed E-state index contributed by atoms with van der Waals surface area (Å²) in [5.41, 5.74) is 0.439. The van der Waals surface area contributed by atoms with Gasteiger partial charge in [-0.2, -0.15) is 5.10 Å². The fourth-order valence-electron chi connectivity index (χ4n) is 1.28. The summed E-state index contributed by atoms with van der Waals surface area (Å²) in [6, 6.07) is 0. The summed E-state index contributed by atoms with van der Waals surface area (Å²) in [4.78, 5) is 18.7. The molecule has 2 aromatic heterocycles. The van der Waals surface area contributed by atoms with E-state index in [1.54, 1.807) is 30.3 Å². The van der Waals surface area contributed by atoms with Crippen LogP contribution in [0.25, 0.3) is 0 Å². The van der Waals surface area contributed by atoms with Crippen LogP contribution < -0.4 is 0 Å². The molecule has 2 aromatic rings. The lowest BCUT2D eigenvalue weighted by Crippen LogP contribution is -2.07. The molecule has 0 spiro atoms. The molecule has 0 aliphatic rings. The van der Waals surface area contributed by atoms with E-state index >= 15 is 0 Å². The van der Waals surface area contributed by atoms with Gasteiger partial charge in [0, 0.05) is 25.6 Å². The quantitative estimate of drug-likeness (QED) is 0.855. The van der Waals surface area contributed by atoms with Crippen molar-refractivity contribution >= 4 is 21.7 Å². The number of halogens is 1. The smallest absolute Gasteiger partial charge is 0.191 e. The molecule has 0 unspecified atom stereocenters. The number of Topliss-reactive ketones (excluding diaryl/α,β-unsaturated/α-hetero) is 1. The third kappa shape index (κ3) is 2.15. The topological polar surface area (TPSA) is 63.6 Å². The molecule has 0 bridgehead atoms. The molecule has 0 aliphatic heterocycles. The fourth-order valence-corrected chi connectivity index (χ4v) is 1.88. The first-order chi connectivity index (χ1) is 7.16. The van der Waals surface area contributed by atoms with E-state index in [1.807, 2.05) is 0 Å². The molecule has 0 aliphatic carbocycles. The standard InChI is InChI=1S/C9H9BrN4O/c1-14-5-6(10)9(13-14)7(15)4-8-11-2-3-12-8/h2-3,5H,4H2,1H3,(H,11,12). The van der Waals surface area contributed by atoms with Crippen LogP contribution in [0.5, 0.6) is 0 Å². The largest absolute Gasteiger partial charge is 0.348 e. The van der Waals surface area contributed by atoms with Gasteiger partial charge in [0.05, 0.1) is 10.9 Å². The van der Waals surface area contributed by atoms with Crippen LogP contribution in [-0.2, 0) is 13.5 Å². The van der Waals surface area contributed by atoms with E-state index in [9.17, 15) is 4.79 Å². The number of rotatable bonds is 3. The van der Waals surface area contributed by atoms with Gasteiger partial charge in [0.15, 0.2) is 5.78 Å². The normalized spacial score (nSPS) is 10.5. The third-order valence-corrected chi connectivity index (χ3v) is 2.51. The highest BCUT2D eigenvalue weighted by molar-refractivity contribution is 9.10.